The second kappa shape index (κ2) is 3.51. The van der Waals surface area contributed by atoms with Gasteiger partial charge < -0.3 is 4.52 Å². The van der Waals surface area contributed by atoms with Crippen LogP contribution in [0.1, 0.15) is 51.0 Å². The van der Waals surface area contributed by atoms with Gasteiger partial charge in [-0.15, -0.1) is 0 Å². The highest BCUT2D eigenvalue weighted by Crippen LogP contribution is 2.47. The third-order valence-corrected chi connectivity index (χ3v) is 3.42. The van der Waals surface area contributed by atoms with Crippen LogP contribution >= 0.6 is 0 Å². The molecule has 0 N–H and O–H groups in total. The standard InChI is InChI=1S/C13H19NO/c1-9-6-5-7-13(3,4)12(9)11-8-10(2)14-15-11/h6,8,12H,5,7H2,1-4H3. The fourth-order valence-corrected chi connectivity index (χ4v) is 2.68. The molecule has 2 heteroatoms. The van der Waals surface area contributed by atoms with Gasteiger partial charge in [-0.3, -0.25) is 0 Å². The highest BCUT2D eigenvalue weighted by atomic mass is 16.5. The molecular formula is C13H19NO. The summed E-state index contributed by atoms with van der Waals surface area (Å²) in [4.78, 5) is 0. The first kappa shape index (κ1) is 10.5. The normalized spacial score (nSPS) is 25.1. The lowest BCUT2D eigenvalue weighted by atomic mass is 9.67. The lowest BCUT2D eigenvalue weighted by molar-refractivity contribution is 0.232. The molecule has 0 fully saturated rings. The second-order valence-electron chi connectivity index (χ2n) is 5.28. The first-order chi connectivity index (χ1) is 7.00. The van der Waals surface area contributed by atoms with Crippen LogP contribution in [0.15, 0.2) is 22.2 Å². The van der Waals surface area contributed by atoms with Crippen molar-refractivity contribution in [2.24, 2.45) is 5.41 Å². The fraction of sp³-hybridized carbons (Fsp3) is 0.615. The van der Waals surface area contributed by atoms with Crippen molar-refractivity contribution in [1.82, 2.24) is 5.16 Å². The van der Waals surface area contributed by atoms with E-state index < -0.39 is 0 Å². The highest BCUT2D eigenvalue weighted by molar-refractivity contribution is 5.26. The summed E-state index contributed by atoms with van der Waals surface area (Å²) in [7, 11) is 0. The number of aryl methyl sites for hydroxylation is 1. The maximum absolute atomic E-state index is 5.42. The first-order valence-corrected chi connectivity index (χ1v) is 5.60. The van der Waals surface area contributed by atoms with Crippen LogP contribution in [0.2, 0.25) is 0 Å². The Hall–Kier alpha value is -1.05. The molecule has 0 spiro atoms. The Bertz CT molecular complexity index is 387. The molecule has 1 aromatic heterocycles. The highest BCUT2D eigenvalue weighted by Gasteiger charge is 2.36. The molecule has 0 saturated carbocycles. The molecule has 1 aliphatic carbocycles. The number of rotatable bonds is 1. The molecule has 2 nitrogen and oxygen atoms in total. The van der Waals surface area contributed by atoms with E-state index >= 15 is 0 Å². The molecule has 1 atom stereocenters. The molecule has 1 aromatic rings. The first-order valence-electron chi connectivity index (χ1n) is 5.60. The number of nitrogens with zero attached hydrogens (tertiary/aromatic N) is 1. The zero-order valence-electron chi connectivity index (χ0n) is 10.0. The van der Waals surface area contributed by atoms with Crippen LogP contribution in [-0.4, -0.2) is 5.16 Å². The van der Waals surface area contributed by atoms with Crippen LogP contribution in [0.5, 0.6) is 0 Å². The van der Waals surface area contributed by atoms with Crippen LogP contribution < -0.4 is 0 Å². The van der Waals surface area contributed by atoms with Gasteiger partial charge in [0, 0.05) is 12.0 Å². The lowest BCUT2D eigenvalue weighted by Gasteiger charge is -2.36. The predicted molar refractivity (Wildman–Crippen MR) is 60.8 cm³/mol. The number of allylic oxidation sites excluding steroid dienone is 2. The minimum absolute atomic E-state index is 0.283. The van der Waals surface area contributed by atoms with Gasteiger partial charge in [0.1, 0.15) is 5.76 Å². The molecule has 0 aromatic carbocycles. The van der Waals surface area contributed by atoms with E-state index in [-0.39, 0.29) is 5.41 Å². The molecule has 1 unspecified atom stereocenters. The maximum Gasteiger partial charge on any atom is 0.144 e. The number of hydrogen-bond acceptors (Lipinski definition) is 2. The average molecular weight is 205 g/mol. The zero-order valence-corrected chi connectivity index (χ0v) is 10.0. The van der Waals surface area contributed by atoms with Crippen molar-refractivity contribution in [3.05, 3.63) is 29.2 Å². The van der Waals surface area contributed by atoms with Gasteiger partial charge in [-0.1, -0.05) is 30.7 Å². The summed E-state index contributed by atoms with van der Waals surface area (Å²) >= 11 is 0. The summed E-state index contributed by atoms with van der Waals surface area (Å²) in [6, 6.07) is 2.06. The summed E-state index contributed by atoms with van der Waals surface area (Å²) < 4.78 is 5.42. The molecule has 82 valence electrons. The molecule has 0 radical (unpaired) electrons. The second-order valence-corrected chi connectivity index (χ2v) is 5.28. The Morgan fingerprint density at radius 2 is 2.13 bits per heavy atom. The summed E-state index contributed by atoms with van der Waals surface area (Å²) in [5, 5.41) is 3.99. The van der Waals surface area contributed by atoms with Gasteiger partial charge in [0.2, 0.25) is 0 Å². The molecule has 0 aliphatic heterocycles. The number of aromatic nitrogens is 1. The van der Waals surface area contributed by atoms with Gasteiger partial charge in [0.15, 0.2) is 0 Å². The monoisotopic (exact) mass is 205 g/mol. The van der Waals surface area contributed by atoms with Crippen LogP contribution in [0, 0.1) is 12.3 Å². The third kappa shape index (κ3) is 1.85. The van der Waals surface area contributed by atoms with E-state index in [1.54, 1.807) is 0 Å². The molecule has 1 aliphatic rings. The largest absolute Gasteiger partial charge is 0.360 e. The zero-order chi connectivity index (χ0) is 11.1. The minimum atomic E-state index is 0.283. The minimum Gasteiger partial charge on any atom is -0.360 e. The van der Waals surface area contributed by atoms with Crippen molar-refractivity contribution in [3.8, 4) is 0 Å². The summed E-state index contributed by atoms with van der Waals surface area (Å²) in [6.07, 6.45) is 4.73. The smallest absolute Gasteiger partial charge is 0.144 e. The van der Waals surface area contributed by atoms with Gasteiger partial charge in [-0.2, -0.15) is 0 Å². The Balaban J connectivity index is 2.40. The molecular weight excluding hydrogens is 186 g/mol. The van der Waals surface area contributed by atoms with E-state index in [1.807, 2.05) is 6.92 Å². The maximum atomic E-state index is 5.42. The van der Waals surface area contributed by atoms with Crippen LogP contribution in [-0.2, 0) is 0 Å². The van der Waals surface area contributed by atoms with Crippen molar-refractivity contribution in [3.63, 3.8) is 0 Å². The Kier molecular flexibility index (Phi) is 2.45. The van der Waals surface area contributed by atoms with Crippen molar-refractivity contribution < 1.29 is 4.52 Å². The van der Waals surface area contributed by atoms with E-state index in [1.165, 1.54) is 18.4 Å². The van der Waals surface area contributed by atoms with Gasteiger partial charge >= 0.3 is 0 Å². The predicted octanol–water partition coefficient (Wildman–Crippen LogP) is 3.83. The molecule has 2 rings (SSSR count). The molecule has 0 amide bonds. The summed E-state index contributed by atoms with van der Waals surface area (Å²) in [5.41, 5.74) is 2.67. The van der Waals surface area contributed by atoms with Crippen molar-refractivity contribution in [2.45, 2.75) is 46.5 Å². The summed E-state index contributed by atoms with van der Waals surface area (Å²) in [5.74, 6) is 1.42. The van der Waals surface area contributed by atoms with Gasteiger partial charge in [-0.25, -0.2) is 0 Å². The Morgan fingerprint density at radius 3 is 2.67 bits per heavy atom. The SMILES string of the molecule is CC1=CCCC(C)(C)C1c1cc(C)no1. The Morgan fingerprint density at radius 1 is 1.40 bits per heavy atom. The molecule has 1 heterocycles. The van der Waals surface area contributed by atoms with E-state index in [4.69, 9.17) is 4.52 Å². The van der Waals surface area contributed by atoms with Crippen LogP contribution in [0.4, 0.5) is 0 Å². The molecule has 0 saturated heterocycles. The topological polar surface area (TPSA) is 26.0 Å². The molecule has 15 heavy (non-hydrogen) atoms. The molecule has 0 bridgehead atoms. The fourth-order valence-electron chi connectivity index (χ4n) is 2.68. The third-order valence-electron chi connectivity index (χ3n) is 3.42. The van der Waals surface area contributed by atoms with E-state index in [0.29, 0.717) is 5.92 Å². The van der Waals surface area contributed by atoms with E-state index in [0.717, 1.165) is 11.5 Å². The van der Waals surface area contributed by atoms with Crippen LogP contribution in [0.3, 0.4) is 0 Å². The van der Waals surface area contributed by atoms with Gasteiger partial charge in [0.25, 0.3) is 0 Å². The average Bonchev–Trinajstić information content (AvgIpc) is 2.50. The Labute approximate surface area is 91.4 Å². The lowest BCUT2D eigenvalue weighted by Crippen LogP contribution is -2.25. The van der Waals surface area contributed by atoms with E-state index in [2.05, 4.69) is 38.1 Å². The van der Waals surface area contributed by atoms with Crippen LogP contribution in [0.25, 0.3) is 0 Å². The quantitative estimate of drug-likeness (QED) is 0.651. The van der Waals surface area contributed by atoms with Gasteiger partial charge in [-0.05, 0) is 32.1 Å². The van der Waals surface area contributed by atoms with Crippen molar-refractivity contribution >= 4 is 0 Å². The van der Waals surface area contributed by atoms with Crippen molar-refractivity contribution in [2.75, 3.05) is 0 Å². The summed E-state index contributed by atoms with van der Waals surface area (Å²) in [6.45, 7) is 8.79. The van der Waals surface area contributed by atoms with Gasteiger partial charge in [0.05, 0.1) is 5.69 Å². The van der Waals surface area contributed by atoms with E-state index in [9.17, 15) is 0 Å². The van der Waals surface area contributed by atoms with Crippen molar-refractivity contribution in [1.29, 1.82) is 0 Å². The number of hydrogen-bond donors (Lipinski definition) is 0.